The molecule has 0 aliphatic heterocycles. The predicted molar refractivity (Wildman–Crippen MR) is 105 cm³/mol. The summed E-state index contributed by atoms with van der Waals surface area (Å²) in [5, 5.41) is 14.3. The molecule has 1 aromatic heterocycles. The second-order valence-electron chi connectivity index (χ2n) is 6.47. The van der Waals surface area contributed by atoms with Gasteiger partial charge in [0.15, 0.2) is 0 Å². The van der Waals surface area contributed by atoms with Crippen molar-refractivity contribution in [2.24, 2.45) is 0 Å². The number of methoxy groups -OCH3 is 2. The van der Waals surface area contributed by atoms with E-state index < -0.39 is 6.10 Å². The molecule has 0 spiro atoms. The SMILES string of the molecule is COc1ccc(OC)c(C(O)CNC(=O)c2ccc3[nH]c(C)c(C)c3c2)c1. The summed E-state index contributed by atoms with van der Waals surface area (Å²) < 4.78 is 10.5. The lowest BCUT2D eigenvalue weighted by atomic mass is 10.1. The normalized spacial score (nSPS) is 12.0. The van der Waals surface area contributed by atoms with Gasteiger partial charge in [0, 0.05) is 34.3 Å². The summed E-state index contributed by atoms with van der Waals surface area (Å²) in [5.74, 6) is 0.911. The molecule has 3 rings (SSSR count). The number of rotatable bonds is 6. The maximum atomic E-state index is 12.5. The molecular weight excluding hydrogens is 344 g/mol. The Kier molecular flexibility index (Phi) is 5.37. The number of amides is 1. The van der Waals surface area contributed by atoms with Gasteiger partial charge in [-0.3, -0.25) is 4.79 Å². The first-order valence-electron chi connectivity index (χ1n) is 8.71. The van der Waals surface area contributed by atoms with Crippen molar-refractivity contribution in [1.29, 1.82) is 0 Å². The van der Waals surface area contributed by atoms with Gasteiger partial charge in [-0.2, -0.15) is 0 Å². The first-order valence-corrected chi connectivity index (χ1v) is 8.71. The Hall–Kier alpha value is -2.99. The minimum Gasteiger partial charge on any atom is -0.497 e. The molecule has 0 radical (unpaired) electrons. The van der Waals surface area contributed by atoms with Crippen LogP contribution in [0.1, 0.15) is 33.3 Å². The van der Waals surface area contributed by atoms with Crippen LogP contribution in [0.5, 0.6) is 11.5 Å². The zero-order valence-electron chi connectivity index (χ0n) is 15.9. The number of carbonyl (C=O) groups excluding carboxylic acids is 1. The van der Waals surface area contributed by atoms with Gasteiger partial charge in [0.25, 0.3) is 5.91 Å². The van der Waals surface area contributed by atoms with Crippen molar-refractivity contribution < 1.29 is 19.4 Å². The number of carbonyl (C=O) groups is 1. The van der Waals surface area contributed by atoms with Crippen LogP contribution in [0.2, 0.25) is 0 Å². The number of benzene rings is 2. The Morgan fingerprint density at radius 2 is 1.93 bits per heavy atom. The molecule has 0 bridgehead atoms. The molecule has 0 saturated heterocycles. The van der Waals surface area contributed by atoms with Crippen LogP contribution in [-0.2, 0) is 0 Å². The van der Waals surface area contributed by atoms with Crippen molar-refractivity contribution >= 4 is 16.8 Å². The van der Waals surface area contributed by atoms with E-state index in [1.807, 2.05) is 26.0 Å². The number of aryl methyl sites for hydroxylation is 2. The summed E-state index contributed by atoms with van der Waals surface area (Å²) in [6, 6.07) is 10.7. The molecule has 3 N–H and O–H groups in total. The van der Waals surface area contributed by atoms with Crippen LogP contribution >= 0.6 is 0 Å². The van der Waals surface area contributed by atoms with Crippen molar-refractivity contribution in [3.63, 3.8) is 0 Å². The average Bonchev–Trinajstić information content (AvgIpc) is 2.98. The summed E-state index contributed by atoms with van der Waals surface area (Å²) in [6.07, 6.45) is -0.918. The molecule has 1 atom stereocenters. The molecule has 0 aliphatic carbocycles. The van der Waals surface area contributed by atoms with Gasteiger partial charge in [0.2, 0.25) is 0 Å². The number of aromatic amines is 1. The number of hydrogen-bond acceptors (Lipinski definition) is 4. The summed E-state index contributed by atoms with van der Waals surface area (Å²) >= 11 is 0. The van der Waals surface area contributed by atoms with Crippen LogP contribution in [0.4, 0.5) is 0 Å². The lowest BCUT2D eigenvalue weighted by molar-refractivity contribution is 0.0914. The molecule has 3 aromatic rings. The van der Waals surface area contributed by atoms with Crippen molar-refractivity contribution in [3.8, 4) is 11.5 Å². The number of nitrogens with one attached hydrogen (secondary N) is 2. The number of fused-ring (bicyclic) bond motifs is 1. The van der Waals surface area contributed by atoms with Gasteiger partial charge in [-0.15, -0.1) is 0 Å². The van der Waals surface area contributed by atoms with Crippen molar-refractivity contribution in [2.75, 3.05) is 20.8 Å². The fraction of sp³-hybridized carbons (Fsp3) is 0.286. The smallest absolute Gasteiger partial charge is 0.251 e. The van der Waals surface area contributed by atoms with Crippen LogP contribution in [-0.4, -0.2) is 36.8 Å². The number of hydrogen-bond donors (Lipinski definition) is 3. The fourth-order valence-corrected chi connectivity index (χ4v) is 3.10. The van der Waals surface area contributed by atoms with Gasteiger partial charge in [-0.25, -0.2) is 0 Å². The zero-order valence-corrected chi connectivity index (χ0v) is 15.9. The number of H-pyrrole nitrogens is 1. The number of ether oxygens (including phenoxy) is 2. The van der Waals surface area contributed by atoms with E-state index in [4.69, 9.17) is 9.47 Å². The highest BCUT2D eigenvalue weighted by Gasteiger charge is 2.17. The first kappa shape index (κ1) is 18.8. The van der Waals surface area contributed by atoms with Crippen molar-refractivity contribution in [2.45, 2.75) is 20.0 Å². The third kappa shape index (κ3) is 3.75. The lowest BCUT2D eigenvalue weighted by Gasteiger charge is -2.16. The van der Waals surface area contributed by atoms with E-state index in [1.54, 1.807) is 31.4 Å². The highest BCUT2D eigenvalue weighted by Crippen LogP contribution is 2.29. The standard InChI is InChI=1S/C21H24N2O4/c1-12-13(2)23-18-7-5-14(9-16(12)18)21(25)22-11-19(24)17-10-15(26-3)6-8-20(17)27-4/h5-10,19,23-24H,11H2,1-4H3,(H,22,25). The highest BCUT2D eigenvalue weighted by atomic mass is 16.5. The number of aliphatic hydroxyl groups excluding tert-OH is 1. The fourth-order valence-electron chi connectivity index (χ4n) is 3.10. The second-order valence-corrected chi connectivity index (χ2v) is 6.47. The van der Waals surface area contributed by atoms with Crippen LogP contribution in [0.25, 0.3) is 10.9 Å². The largest absolute Gasteiger partial charge is 0.497 e. The summed E-state index contributed by atoms with van der Waals surface area (Å²) in [7, 11) is 3.09. The van der Waals surface area contributed by atoms with E-state index in [9.17, 15) is 9.90 Å². The Morgan fingerprint density at radius 1 is 1.15 bits per heavy atom. The van der Waals surface area contributed by atoms with Crippen LogP contribution in [0.15, 0.2) is 36.4 Å². The minimum absolute atomic E-state index is 0.0611. The third-order valence-corrected chi connectivity index (χ3v) is 4.82. The molecule has 0 aliphatic rings. The van der Waals surface area contributed by atoms with E-state index in [0.29, 0.717) is 22.6 Å². The van der Waals surface area contributed by atoms with E-state index in [1.165, 1.54) is 7.11 Å². The summed E-state index contributed by atoms with van der Waals surface area (Å²) in [5.41, 5.74) is 4.32. The molecule has 6 heteroatoms. The molecule has 27 heavy (non-hydrogen) atoms. The maximum absolute atomic E-state index is 12.5. The third-order valence-electron chi connectivity index (χ3n) is 4.82. The van der Waals surface area contributed by atoms with Gasteiger partial charge < -0.3 is 24.9 Å². The first-order chi connectivity index (χ1) is 12.9. The Labute approximate surface area is 158 Å². The van der Waals surface area contributed by atoms with E-state index >= 15 is 0 Å². The molecule has 142 valence electrons. The van der Waals surface area contributed by atoms with Gasteiger partial charge in [0.05, 0.1) is 14.2 Å². The maximum Gasteiger partial charge on any atom is 0.251 e. The van der Waals surface area contributed by atoms with Gasteiger partial charge in [-0.05, 0) is 55.8 Å². The van der Waals surface area contributed by atoms with Gasteiger partial charge in [0.1, 0.15) is 17.6 Å². The lowest BCUT2D eigenvalue weighted by Crippen LogP contribution is -2.28. The van der Waals surface area contributed by atoms with Crippen LogP contribution in [0, 0.1) is 13.8 Å². The minimum atomic E-state index is -0.918. The molecular formula is C21H24N2O4. The Bertz CT molecular complexity index is 978. The van der Waals surface area contributed by atoms with E-state index in [-0.39, 0.29) is 12.5 Å². The second kappa shape index (κ2) is 7.72. The monoisotopic (exact) mass is 368 g/mol. The molecule has 1 amide bonds. The average molecular weight is 368 g/mol. The molecule has 0 fully saturated rings. The molecule has 2 aromatic carbocycles. The summed E-state index contributed by atoms with van der Waals surface area (Å²) in [6.45, 7) is 4.09. The molecule has 1 unspecified atom stereocenters. The molecule has 6 nitrogen and oxygen atoms in total. The van der Waals surface area contributed by atoms with Gasteiger partial charge in [-0.1, -0.05) is 0 Å². The topological polar surface area (TPSA) is 83.6 Å². The van der Waals surface area contributed by atoms with Crippen LogP contribution < -0.4 is 14.8 Å². The van der Waals surface area contributed by atoms with Crippen molar-refractivity contribution in [1.82, 2.24) is 10.3 Å². The molecule has 1 heterocycles. The van der Waals surface area contributed by atoms with Crippen LogP contribution in [0.3, 0.4) is 0 Å². The quantitative estimate of drug-likeness (QED) is 0.624. The number of aromatic nitrogens is 1. The van der Waals surface area contributed by atoms with E-state index in [2.05, 4.69) is 10.3 Å². The Balaban J connectivity index is 1.74. The van der Waals surface area contributed by atoms with Gasteiger partial charge >= 0.3 is 0 Å². The number of aliphatic hydroxyl groups is 1. The van der Waals surface area contributed by atoms with E-state index in [0.717, 1.165) is 22.2 Å². The Morgan fingerprint density at radius 3 is 2.63 bits per heavy atom. The van der Waals surface area contributed by atoms with Crippen molar-refractivity contribution in [3.05, 3.63) is 58.8 Å². The highest BCUT2D eigenvalue weighted by molar-refractivity contribution is 5.99. The zero-order chi connectivity index (χ0) is 19.6. The molecule has 0 saturated carbocycles. The predicted octanol–water partition coefficient (Wildman–Crippen LogP) is 3.27. The summed E-state index contributed by atoms with van der Waals surface area (Å²) in [4.78, 5) is 15.8.